The van der Waals surface area contributed by atoms with Gasteiger partial charge in [-0.05, 0) is 25.6 Å². The number of anilines is 1. The summed E-state index contributed by atoms with van der Waals surface area (Å²) in [5.74, 6) is 0. The van der Waals surface area contributed by atoms with E-state index in [2.05, 4.69) is 16.3 Å². The molecule has 0 atom stereocenters. The quantitative estimate of drug-likeness (QED) is 0.824. The van der Waals surface area contributed by atoms with Gasteiger partial charge in [0, 0.05) is 35.9 Å². The molecule has 1 aromatic rings. The number of benzene rings is 1. The van der Waals surface area contributed by atoms with E-state index in [1.807, 2.05) is 19.2 Å². The van der Waals surface area contributed by atoms with Gasteiger partial charge in [0.25, 0.3) is 0 Å². The van der Waals surface area contributed by atoms with Gasteiger partial charge in [0.05, 0.1) is 0 Å². The minimum absolute atomic E-state index is 0.839. The average molecular weight is 211 g/mol. The van der Waals surface area contributed by atoms with Crippen molar-refractivity contribution in [3.8, 4) is 0 Å². The monoisotopic (exact) mass is 210 g/mol. The summed E-state index contributed by atoms with van der Waals surface area (Å²) in [6.07, 6.45) is 1.30. The van der Waals surface area contributed by atoms with Gasteiger partial charge < -0.3 is 10.2 Å². The van der Waals surface area contributed by atoms with Crippen molar-refractivity contribution >= 4 is 17.3 Å². The van der Waals surface area contributed by atoms with Gasteiger partial charge in [-0.3, -0.25) is 0 Å². The van der Waals surface area contributed by atoms with E-state index >= 15 is 0 Å². The molecule has 14 heavy (non-hydrogen) atoms. The van der Waals surface area contributed by atoms with Crippen LogP contribution in [-0.4, -0.2) is 20.1 Å². The lowest BCUT2D eigenvalue weighted by molar-refractivity contribution is 0.613. The molecule has 1 aliphatic heterocycles. The third-order valence-electron chi connectivity index (χ3n) is 2.64. The lowest BCUT2D eigenvalue weighted by Gasteiger charge is -2.35. The van der Waals surface area contributed by atoms with Crippen LogP contribution < -0.4 is 10.2 Å². The van der Waals surface area contributed by atoms with E-state index in [9.17, 15) is 0 Å². The zero-order chi connectivity index (χ0) is 9.97. The number of nitrogens with zero attached hydrogens (tertiary/aromatic N) is 1. The van der Waals surface area contributed by atoms with Gasteiger partial charge >= 0.3 is 0 Å². The Morgan fingerprint density at radius 3 is 2.79 bits per heavy atom. The minimum atomic E-state index is 0.839. The van der Waals surface area contributed by atoms with Gasteiger partial charge in [-0.25, -0.2) is 0 Å². The van der Waals surface area contributed by atoms with Crippen molar-refractivity contribution in [2.24, 2.45) is 0 Å². The summed E-state index contributed by atoms with van der Waals surface area (Å²) in [6, 6.07) is 6.13. The Hall–Kier alpha value is -0.730. The maximum Gasteiger partial charge on any atom is 0.0471 e. The van der Waals surface area contributed by atoms with E-state index in [0.29, 0.717) is 0 Å². The van der Waals surface area contributed by atoms with E-state index in [1.54, 1.807) is 0 Å². The molecule has 0 aliphatic carbocycles. The van der Waals surface area contributed by atoms with Crippen LogP contribution in [0.15, 0.2) is 18.2 Å². The van der Waals surface area contributed by atoms with Crippen LogP contribution >= 0.6 is 11.6 Å². The standard InChI is InChI=1S/C11H15ClN2/c1-13-8-9-10(12)4-2-5-11(9)14-6-3-7-14/h2,4-5,13H,3,6-8H2,1H3. The molecule has 0 amide bonds. The average Bonchev–Trinajstić information content (AvgIpc) is 2.08. The van der Waals surface area contributed by atoms with Crippen molar-refractivity contribution in [3.63, 3.8) is 0 Å². The highest BCUT2D eigenvalue weighted by Crippen LogP contribution is 2.30. The molecule has 0 unspecified atom stereocenters. The molecular formula is C11H15ClN2. The molecule has 1 aromatic carbocycles. The van der Waals surface area contributed by atoms with Crippen LogP contribution in [0.2, 0.25) is 5.02 Å². The molecule has 0 saturated carbocycles. The highest BCUT2D eigenvalue weighted by atomic mass is 35.5. The number of hydrogen-bond acceptors (Lipinski definition) is 2. The van der Waals surface area contributed by atoms with Crippen LogP contribution in [-0.2, 0) is 6.54 Å². The van der Waals surface area contributed by atoms with Gasteiger partial charge in [-0.1, -0.05) is 17.7 Å². The number of nitrogens with one attached hydrogen (secondary N) is 1. The number of rotatable bonds is 3. The summed E-state index contributed by atoms with van der Waals surface area (Å²) in [5, 5.41) is 4.02. The molecule has 1 fully saturated rings. The van der Waals surface area contributed by atoms with Gasteiger partial charge in [-0.15, -0.1) is 0 Å². The van der Waals surface area contributed by atoms with Crippen LogP contribution in [0.4, 0.5) is 5.69 Å². The van der Waals surface area contributed by atoms with E-state index in [-0.39, 0.29) is 0 Å². The molecule has 0 aromatic heterocycles. The van der Waals surface area contributed by atoms with Crippen molar-refractivity contribution in [2.75, 3.05) is 25.0 Å². The minimum Gasteiger partial charge on any atom is -0.371 e. The second kappa shape index (κ2) is 4.20. The van der Waals surface area contributed by atoms with Gasteiger partial charge in [-0.2, -0.15) is 0 Å². The summed E-state index contributed by atoms with van der Waals surface area (Å²) >= 11 is 6.17. The summed E-state index contributed by atoms with van der Waals surface area (Å²) in [5.41, 5.74) is 2.51. The summed E-state index contributed by atoms with van der Waals surface area (Å²) in [7, 11) is 1.95. The van der Waals surface area contributed by atoms with Crippen molar-refractivity contribution in [1.29, 1.82) is 0 Å². The first-order valence-corrected chi connectivity index (χ1v) is 5.37. The van der Waals surface area contributed by atoms with Crippen LogP contribution in [0.1, 0.15) is 12.0 Å². The van der Waals surface area contributed by atoms with Crippen LogP contribution in [0, 0.1) is 0 Å². The number of halogens is 1. The predicted octanol–water partition coefficient (Wildman–Crippen LogP) is 2.27. The highest BCUT2D eigenvalue weighted by Gasteiger charge is 2.18. The smallest absolute Gasteiger partial charge is 0.0471 e. The van der Waals surface area contributed by atoms with Crippen LogP contribution in [0.3, 0.4) is 0 Å². The molecule has 1 saturated heterocycles. The molecule has 76 valence electrons. The molecule has 0 bridgehead atoms. The Balaban J connectivity index is 2.31. The molecule has 2 nitrogen and oxygen atoms in total. The highest BCUT2D eigenvalue weighted by molar-refractivity contribution is 6.31. The van der Waals surface area contributed by atoms with Crippen LogP contribution in [0.5, 0.6) is 0 Å². The van der Waals surface area contributed by atoms with Crippen molar-refractivity contribution < 1.29 is 0 Å². The first kappa shape index (κ1) is 9.81. The van der Waals surface area contributed by atoms with Gasteiger partial charge in [0.1, 0.15) is 0 Å². The number of hydrogen-bond donors (Lipinski definition) is 1. The third kappa shape index (κ3) is 1.72. The Labute approximate surface area is 89.9 Å². The van der Waals surface area contributed by atoms with E-state index in [4.69, 9.17) is 11.6 Å². The topological polar surface area (TPSA) is 15.3 Å². The lowest BCUT2D eigenvalue weighted by Crippen LogP contribution is -2.37. The summed E-state index contributed by atoms with van der Waals surface area (Å²) in [6.45, 7) is 3.17. The zero-order valence-corrected chi connectivity index (χ0v) is 9.14. The molecular weight excluding hydrogens is 196 g/mol. The van der Waals surface area contributed by atoms with E-state index in [1.165, 1.54) is 17.7 Å². The maximum absolute atomic E-state index is 6.17. The fourth-order valence-corrected chi connectivity index (χ4v) is 1.99. The van der Waals surface area contributed by atoms with Crippen molar-refractivity contribution in [2.45, 2.75) is 13.0 Å². The molecule has 0 radical (unpaired) electrons. The van der Waals surface area contributed by atoms with E-state index in [0.717, 1.165) is 24.7 Å². The van der Waals surface area contributed by atoms with Crippen molar-refractivity contribution in [1.82, 2.24) is 5.32 Å². The largest absolute Gasteiger partial charge is 0.371 e. The Kier molecular flexibility index (Phi) is 2.94. The first-order valence-electron chi connectivity index (χ1n) is 5.00. The Morgan fingerprint density at radius 2 is 2.21 bits per heavy atom. The predicted molar refractivity (Wildman–Crippen MR) is 61.0 cm³/mol. The fraction of sp³-hybridized carbons (Fsp3) is 0.455. The third-order valence-corrected chi connectivity index (χ3v) is 3.00. The molecule has 1 heterocycles. The SMILES string of the molecule is CNCc1c(Cl)cccc1N1CCC1. The Bertz CT molecular complexity index is 321. The molecule has 3 heteroatoms. The Morgan fingerprint density at radius 1 is 1.43 bits per heavy atom. The van der Waals surface area contributed by atoms with E-state index < -0.39 is 0 Å². The van der Waals surface area contributed by atoms with Gasteiger partial charge in [0.2, 0.25) is 0 Å². The second-order valence-electron chi connectivity index (χ2n) is 3.61. The second-order valence-corrected chi connectivity index (χ2v) is 4.02. The normalized spacial score (nSPS) is 15.4. The summed E-state index contributed by atoms with van der Waals surface area (Å²) < 4.78 is 0. The maximum atomic E-state index is 6.17. The molecule has 1 N–H and O–H groups in total. The fourth-order valence-electron chi connectivity index (χ4n) is 1.75. The van der Waals surface area contributed by atoms with Crippen molar-refractivity contribution in [3.05, 3.63) is 28.8 Å². The van der Waals surface area contributed by atoms with Gasteiger partial charge in [0.15, 0.2) is 0 Å². The van der Waals surface area contributed by atoms with Crippen LogP contribution in [0.25, 0.3) is 0 Å². The molecule has 2 rings (SSSR count). The molecule has 0 spiro atoms. The summed E-state index contributed by atoms with van der Waals surface area (Å²) in [4.78, 5) is 2.37. The molecule has 1 aliphatic rings. The zero-order valence-electron chi connectivity index (χ0n) is 8.39. The lowest BCUT2D eigenvalue weighted by atomic mass is 10.1. The first-order chi connectivity index (χ1) is 6.83.